The molecule has 1 aliphatic heterocycles. The van der Waals surface area contributed by atoms with Crippen LogP contribution in [0.2, 0.25) is 0 Å². The number of benzene rings is 1. The molecule has 0 spiro atoms. The van der Waals surface area contributed by atoms with Gasteiger partial charge in [0, 0.05) is 12.0 Å². The number of fused-ring (bicyclic) bond motifs is 1. The third-order valence-corrected chi connectivity index (χ3v) is 6.61. The number of aromatic nitrogens is 2. The van der Waals surface area contributed by atoms with Crippen LogP contribution in [0.5, 0.6) is 5.88 Å². The second-order valence-corrected chi connectivity index (χ2v) is 9.41. The number of carboxylic acids is 1. The molecular weight excluding hydrogens is 380 g/mol. The van der Waals surface area contributed by atoms with Crippen molar-refractivity contribution in [2.75, 3.05) is 5.73 Å². The minimum Gasteiger partial charge on any atom is -0.481 e. The van der Waals surface area contributed by atoms with Gasteiger partial charge in [0.15, 0.2) is 11.5 Å². The molecule has 0 radical (unpaired) electrons. The van der Waals surface area contributed by atoms with Crippen LogP contribution in [0.15, 0.2) is 29.3 Å². The number of ether oxygens (including phenoxy) is 1. The highest BCUT2D eigenvalue weighted by Crippen LogP contribution is 2.58. The van der Waals surface area contributed by atoms with E-state index in [0.717, 1.165) is 17.7 Å². The number of aliphatic imine (C=N–C) groups is 1. The number of carboxylic acid groups (broad SMARTS) is 1. The van der Waals surface area contributed by atoms with Gasteiger partial charge in [0.2, 0.25) is 5.88 Å². The molecule has 4 rings (SSSR count). The normalized spacial score (nSPS) is 23.6. The number of nitrogen functional groups attached to an aromatic ring is 1. The Kier molecular flexibility index (Phi) is 4.60. The number of aliphatic carboxylic acids is 1. The number of aryl methyl sites for hydroxylation is 1. The molecule has 2 atom stereocenters. The van der Waals surface area contributed by atoms with E-state index in [1.54, 1.807) is 6.92 Å². The number of anilines is 1. The third kappa shape index (κ3) is 3.32. The molecule has 7 heteroatoms. The van der Waals surface area contributed by atoms with Crippen LogP contribution in [0, 0.1) is 18.3 Å². The predicted molar refractivity (Wildman–Crippen MR) is 115 cm³/mol. The molecular formula is C23H28N4O3. The maximum atomic E-state index is 11.1. The van der Waals surface area contributed by atoms with Crippen molar-refractivity contribution in [2.24, 2.45) is 16.3 Å². The molecule has 30 heavy (non-hydrogen) atoms. The van der Waals surface area contributed by atoms with E-state index in [9.17, 15) is 4.79 Å². The van der Waals surface area contributed by atoms with E-state index < -0.39 is 11.6 Å². The minimum atomic E-state index is -0.724. The Labute approximate surface area is 176 Å². The van der Waals surface area contributed by atoms with E-state index >= 15 is 0 Å². The molecule has 1 aromatic heterocycles. The van der Waals surface area contributed by atoms with Crippen molar-refractivity contribution in [2.45, 2.75) is 59.0 Å². The van der Waals surface area contributed by atoms with Gasteiger partial charge in [-0.1, -0.05) is 38.1 Å². The second-order valence-electron chi connectivity index (χ2n) is 9.41. The van der Waals surface area contributed by atoms with Gasteiger partial charge in [-0.3, -0.25) is 4.79 Å². The molecule has 7 nitrogen and oxygen atoms in total. The number of hydrogen-bond acceptors (Lipinski definition) is 6. The van der Waals surface area contributed by atoms with Crippen LogP contribution in [0.25, 0.3) is 0 Å². The molecule has 1 aromatic carbocycles. The van der Waals surface area contributed by atoms with E-state index in [4.69, 9.17) is 20.6 Å². The first-order chi connectivity index (χ1) is 14.0. The molecule has 1 fully saturated rings. The van der Waals surface area contributed by atoms with Gasteiger partial charge in [0.05, 0.1) is 5.71 Å². The van der Waals surface area contributed by atoms with E-state index in [1.165, 1.54) is 5.56 Å². The zero-order valence-electron chi connectivity index (χ0n) is 18.1. The van der Waals surface area contributed by atoms with Crippen molar-refractivity contribution in [3.63, 3.8) is 0 Å². The molecule has 0 bridgehead atoms. The maximum absolute atomic E-state index is 11.1. The molecule has 1 saturated carbocycles. The standard InChI is InChI=1S/C23H28N4O3/c1-12-25-20(24)18-21(26-12)30-23(4,5)19(27-18)14-8-6-13(7-9-14)16-10-15(11-17(28)29)22(16,2)3/h6-9,15-16H,10-11H2,1-5H3,(H,28,29)(H2,24,25,26). The third-order valence-electron chi connectivity index (χ3n) is 6.61. The Bertz CT molecular complexity index is 1040. The lowest BCUT2D eigenvalue weighted by Crippen LogP contribution is -2.44. The van der Waals surface area contributed by atoms with E-state index in [1.807, 2.05) is 13.8 Å². The molecule has 1 aliphatic carbocycles. The fourth-order valence-electron chi connectivity index (χ4n) is 4.70. The molecule has 3 N–H and O–H groups in total. The van der Waals surface area contributed by atoms with E-state index in [-0.39, 0.29) is 17.8 Å². The first kappa shape index (κ1) is 20.3. The van der Waals surface area contributed by atoms with Gasteiger partial charge in [-0.25, -0.2) is 9.98 Å². The number of hydrogen-bond donors (Lipinski definition) is 2. The predicted octanol–water partition coefficient (Wildman–Crippen LogP) is 4.26. The van der Waals surface area contributed by atoms with Crippen LogP contribution in [0.1, 0.15) is 63.4 Å². The quantitative estimate of drug-likeness (QED) is 0.782. The van der Waals surface area contributed by atoms with Gasteiger partial charge < -0.3 is 15.6 Å². The maximum Gasteiger partial charge on any atom is 0.303 e. The highest BCUT2D eigenvalue weighted by molar-refractivity contribution is 6.09. The first-order valence-electron chi connectivity index (χ1n) is 10.2. The highest BCUT2D eigenvalue weighted by atomic mass is 16.5. The molecule has 158 valence electrons. The zero-order valence-corrected chi connectivity index (χ0v) is 18.1. The van der Waals surface area contributed by atoms with Crippen LogP contribution >= 0.6 is 0 Å². The Morgan fingerprint density at radius 3 is 2.47 bits per heavy atom. The van der Waals surface area contributed by atoms with Gasteiger partial charge in [0.1, 0.15) is 11.4 Å². The Hall–Kier alpha value is -2.96. The summed E-state index contributed by atoms with van der Waals surface area (Å²) in [5, 5.41) is 9.13. The fourth-order valence-corrected chi connectivity index (χ4v) is 4.70. The smallest absolute Gasteiger partial charge is 0.303 e. The van der Waals surface area contributed by atoms with Crippen molar-refractivity contribution in [1.82, 2.24) is 9.97 Å². The minimum absolute atomic E-state index is 0.0345. The number of carbonyl (C=O) groups is 1. The van der Waals surface area contributed by atoms with Crippen LogP contribution in [-0.4, -0.2) is 32.4 Å². The van der Waals surface area contributed by atoms with Gasteiger partial charge in [-0.05, 0) is 50.0 Å². The summed E-state index contributed by atoms with van der Waals surface area (Å²) >= 11 is 0. The lowest BCUT2D eigenvalue weighted by Gasteiger charge is -2.52. The number of nitrogens with zero attached hydrogens (tertiary/aromatic N) is 3. The summed E-state index contributed by atoms with van der Waals surface area (Å²) in [4.78, 5) is 24.4. The lowest BCUT2D eigenvalue weighted by atomic mass is 9.52. The Morgan fingerprint density at radius 2 is 1.87 bits per heavy atom. The summed E-state index contributed by atoms with van der Waals surface area (Å²) in [7, 11) is 0. The van der Waals surface area contributed by atoms with Crippen LogP contribution in [-0.2, 0) is 4.79 Å². The summed E-state index contributed by atoms with van der Waals surface area (Å²) in [6, 6.07) is 8.33. The molecule has 0 amide bonds. The second kappa shape index (κ2) is 6.79. The number of nitrogens with two attached hydrogens (primary N) is 1. The summed E-state index contributed by atoms with van der Waals surface area (Å²) in [6.07, 6.45) is 1.13. The highest BCUT2D eigenvalue weighted by Gasteiger charge is 2.49. The zero-order chi connectivity index (χ0) is 21.8. The number of rotatable bonds is 4. The van der Waals surface area contributed by atoms with Crippen molar-refractivity contribution >= 4 is 23.2 Å². The molecule has 2 heterocycles. The fraction of sp³-hybridized carbons (Fsp3) is 0.478. The average molecular weight is 409 g/mol. The van der Waals surface area contributed by atoms with Gasteiger partial charge >= 0.3 is 5.97 Å². The van der Waals surface area contributed by atoms with Crippen LogP contribution in [0.3, 0.4) is 0 Å². The Morgan fingerprint density at radius 1 is 1.20 bits per heavy atom. The SMILES string of the molecule is Cc1nc(N)c2c(n1)OC(C)(C)C(c1ccc(C3CC(CC(=O)O)C3(C)C)cc1)=N2. The molecule has 2 unspecified atom stereocenters. The van der Waals surface area contributed by atoms with Gasteiger partial charge in [-0.2, -0.15) is 4.98 Å². The van der Waals surface area contributed by atoms with Crippen molar-refractivity contribution in [3.05, 3.63) is 41.2 Å². The monoisotopic (exact) mass is 408 g/mol. The summed E-state index contributed by atoms with van der Waals surface area (Å²) < 4.78 is 6.12. The van der Waals surface area contributed by atoms with Gasteiger partial charge in [0.25, 0.3) is 0 Å². The van der Waals surface area contributed by atoms with Crippen molar-refractivity contribution in [3.8, 4) is 5.88 Å². The molecule has 0 saturated heterocycles. The van der Waals surface area contributed by atoms with Gasteiger partial charge in [-0.15, -0.1) is 0 Å². The van der Waals surface area contributed by atoms with Crippen LogP contribution < -0.4 is 10.5 Å². The average Bonchev–Trinajstić information content (AvgIpc) is 2.63. The van der Waals surface area contributed by atoms with Crippen LogP contribution in [0.4, 0.5) is 11.5 Å². The molecule has 2 aliphatic rings. The first-order valence-corrected chi connectivity index (χ1v) is 10.2. The van der Waals surface area contributed by atoms with Crippen molar-refractivity contribution in [1.29, 1.82) is 0 Å². The van der Waals surface area contributed by atoms with E-state index in [2.05, 4.69) is 48.1 Å². The van der Waals surface area contributed by atoms with Crippen molar-refractivity contribution < 1.29 is 14.6 Å². The largest absolute Gasteiger partial charge is 0.481 e. The van der Waals surface area contributed by atoms with E-state index in [0.29, 0.717) is 29.1 Å². The molecule has 2 aromatic rings. The Balaban J connectivity index is 1.63. The topological polar surface area (TPSA) is 111 Å². The summed E-state index contributed by atoms with van der Waals surface area (Å²) in [5.74, 6) is 1.10. The summed E-state index contributed by atoms with van der Waals surface area (Å²) in [5.41, 5.74) is 8.78. The lowest BCUT2D eigenvalue weighted by molar-refractivity contribution is -0.141. The summed E-state index contributed by atoms with van der Waals surface area (Å²) in [6.45, 7) is 10.0.